The van der Waals surface area contributed by atoms with Gasteiger partial charge in [-0.2, -0.15) is 0 Å². The van der Waals surface area contributed by atoms with Gasteiger partial charge < -0.3 is 24.6 Å². The number of hydrogen-bond donors (Lipinski definition) is 2. The van der Waals surface area contributed by atoms with Crippen molar-refractivity contribution in [2.24, 2.45) is 0 Å². The van der Waals surface area contributed by atoms with Crippen molar-refractivity contribution >= 4 is 11.9 Å². The minimum atomic E-state index is -0.896. The molecule has 0 aliphatic carbocycles. The Morgan fingerprint density at radius 3 is 2.65 bits per heavy atom. The topological polar surface area (TPSA) is 107 Å². The fourth-order valence-corrected chi connectivity index (χ4v) is 3.36. The zero-order valence-electron chi connectivity index (χ0n) is 17.3. The number of aromatic hydroxyl groups is 1. The highest BCUT2D eigenvalue weighted by atomic mass is 19.1. The molecule has 9 heteroatoms. The SMILES string of the molecule is COc1ccnc(C(=O)N[C@H]2CCCC[C@@H](Oc3ccc(F)cc3)[C@H](C)OC2=O)c1O. The van der Waals surface area contributed by atoms with Crippen LogP contribution in [0.5, 0.6) is 17.2 Å². The van der Waals surface area contributed by atoms with E-state index in [-0.39, 0.29) is 17.3 Å². The van der Waals surface area contributed by atoms with Crippen molar-refractivity contribution in [3.05, 3.63) is 48.0 Å². The predicted molar refractivity (Wildman–Crippen MR) is 109 cm³/mol. The van der Waals surface area contributed by atoms with Gasteiger partial charge in [0.05, 0.1) is 7.11 Å². The predicted octanol–water partition coefficient (Wildman–Crippen LogP) is 2.99. The molecule has 2 N–H and O–H groups in total. The van der Waals surface area contributed by atoms with Gasteiger partial charge in [0.2, 0.25) is 0 Å². The van der Waals surface area contributed by atoms with E-state index in [2.05, 4.69) is 10.3 Å². The maximum atomic E-state index is 13.1. The summed E-state index contributed by atoms with van der Waals surface area (Å²) in [5.41, 5.74) is -0.238. The number of pyridine rings is 1. The van der Waals surface area contributed by atoms with E-state index in [1.165, 1.54) is 43.6 Å². The molecule has 1 aromatic carbocycles. The van der Waals surface area contributed by atoms with Crippen LogP contribution in [0.2, 0.25) is 0 Å². The first kappa shape index (κ1) is 22.3. The number of methoxy groups -OCH3 is 1. The van der Waals surface area contributed by atoms with Crippen molar-refractivity contribution in [3.8, 4) is 17.2 Å². The van der Waals surface area contributed by atoms with Crippen LogP contribution in [0, 0.1) is 5.82 Å². The molecule has 0 spiro atoms. The van der Waals surface area contributed by atoms with Gasteiger partial charge in [0.15, 0.2) is 17.2 Å². The largest absolute Gasteiger partial charge is 0.503 e. The molecule has 2 heterocycles. The molecule has 31 heavy (non-hydrogen) atoms. The summed E-state index contributed by atoms with van der Waals surface area (Å²) in [5, 5.41) is 12.7. The maximum Gasteiger partial charge on any atom is 0.329 e. The molecule has 0 radical (unpaired) electrons. The number of carbonyl (C=O) groups is 2. The standard InChI is InChI=1S/C22H25FN2O6/c1-13-17(31-15-9-7-14(23)8-10-15)6-4-3-5-16(22(28)30-13)25-21(27)19-20(26)18(29-2)11-12-24-19/h7-13,16-17,26H,3-6H2,1-2H3,(H,25,27)/t13-,16-,17+/m0/s1. The molecule has 1 aromatic heterocycles. The van der Waals surface area contributed by atoms with Gasteiger partial charge in [-0.15, -0.1) is 0 Å². The van der Waals surface area contributed by atoms with Crippen LogP contribution in [0.15, 0.2) is 36.5 Å². The summed E-state index contributed by atoms with van der Waals surface area (Å²) in [7, 11) is 1.36. The number of nitrogens with zero attached hydrogens (tertiary/aromatic N) is 1. The minimum Gasteiger partial charge on any atom is -0.503 e. The number of rotatable bonds is 5. The van der Waals surface area contributed by atoms with Crippen molar-refractivity contribution < 1.29 is 33.3 Å². The van der Waals surface area contributed by atoms with Crippen molar-refractivity contribution in [1.82, 2.24) is 10.3 Å². The number of halogens is 1. The van der Waals surface area contributed by atoms with E-state index >= 15 is 0 Å². The Hall–Kier alpha value is -3.36. The second-order valence-electron chi connectivity index (χ2n) is 7.27. The Kier molecular flexibility index (Phi) is 7.28. The van der Waals surface area contributed by atoms with Crippen molar-refractivity contribution in [2.45, 2.75) is 50.9 Å². The molecule has 2 aromatic rings. The number of esters is 1. The first-order valence-electron chi connectivity index (χ1n) is 10.0. The Labute approximate surface area is 179 Å². The van der Waals surface area contributed by atoms with Crippen LogP contribution in [-0.4, -0.2) is 47.3 Å². The summed E-state index contributed by atoms with van der Waals surface area (Å²) in [6.07, 6.45) is 2.71. The summed E-state index contributed by atoms with van der Waals surface area (Å²) in [5.74, 6) is -1.48. The van der Waals surface area contributed by atoms with E-state index in [1.54, 1.807) is 6.92 Å². The third-order valence-corrected chi connectivity index (χ3v) is 5.07. The van der Waals surface area contributed by atoms with E-state index < -0.39 is 35.9 Å². The number of hydrogen-bond acceptors (Lipinski definition) is 7. The summed E-state index contributed by atoms with van der Waals surface area (Å²) in [6.45, 7) is 1.71. The van der Waals surface area contributed by atoms with Crippen LogP contribution in [-0.2, 0) is 9.53 Å². The molecular formula is C22H25FN2O6. The number of benzene rings is 1. The summed E-state index contributed by atoms with van der Waals surface area (Å²) < 4.78 is 29.5. The van der Waals surface area contributed by atoms with Gasteiger partial charge in [-0.25, -0.2) is 14.2 Å². The highest BCUT2D eigenvalue weighted by Crippen LogP contribution is 2.28. The van der Waals surface area contributed by atoms with E-state index in [9.17, 15) is 19.1 Å². The van der Waals surface area contributed by atoms with Crippen LogP contribution in [0.3, 0.4) is 0 Å². The Bertz CT molecular complexity index is 921. The van der Waals surface area contributed by atoms with Crippen LogP contribution >= 0.6 is 0 Å². The first-order valence-corrected chi connectivity index (χ1v) is 10.0. The van der Waals surface area contributed by atoms with Crippen LogP contribution in [0.25, 0.3) is 0 Å². The number of cyclic esters (lactones) is 1. The molecule has 1 aliphatic rings. The van der Waals surface area contributed by atoms with E-state index in [0.29, 0.717) is 25.0 Å². The monoisotopic (exact) mass is 432 g/mol. The fraction of sp³-hybridized carbons (Fsp3) is 0.409. The molecule has 1 aliphatic heterocycles. The van der Waals surface area contributed by atoms with E-state index in [4.69, 9.17) is 14.2 Å². The van der Waals surface area contributed by atoms with Crippen LogP contribution in [0.1, 0.15) is 43.1 Å². The smallest absolute Gasteiger partial charge is 0.329 e. The van der Waals surface area contributed by atoms with E-state index in [1.807, 2.05) is 0 Å². The lowest BCUT2D eigenvalue weighted by Crippen LogP contribution is -2.44. The zero-order valence-corrected chi connectivity index (χ0v) is 17.3. The number of carbonyl (C=O) groups excluding carboxylic acids is 2. The van der Waals surface area contributed by atoms with Crippen LogP contribution < -0.4 is 14.8 Å². The van der Waals surface area contributed by atoms with Crippen molar-refractivity contribution in [1.29, 1.82) is 0 Å². The van der Waals surface area contributed by atoms with E-state index in [0.717, 1.165) is 6.42 Å². The lowest BCUT2D eigenvalue weighted by Gasteiger charge is -2.25. The highest BCUT2D eigenvalue weighted by molar-refractivity contribution is 5.97. The zero-order chi connectivity index (χ0) is 22.4. The van der Waals surface area contributed by atoms with Gasteiger partial charge in [0, 0.05) is 12.3 Å². The quantitative estimate of drug-likeness (QED) is 0.700. The van der Waals surface area contributed by atoms with Gasteiger partial charge in [0.25, 0.3) is 5.91 Å². The van der Waals surface area contributed by atoms with Gasteiger partial charge in [-0.1, -0.05) is 6.42 Å². The lowest BCUT2D eigenvalue weighted by atomic mass is 10.0. The summed E-state index contributed by atoms with van der Waals surface area (Å²) >= 11 is 0. The molecule has 1 saturated heterocycles. The van der Waals surface area contributed by atoms with Gasteiger partial charge >= 0.3 is 5.97 Å². The molecular weight excluding hydrogens is 407 g/mol. The van der Waals surface area contributed by atoms with Crippen LogP contribution in [0.4, 0.5) is 4.39 Å². The van der Waals surface area contributed by atoms with Gasteiger partial charge in [-0.05, 0) is 50.5 Å². The molecule has 166 valence electrons. The summed E-state index contributed by atoms with van der Waals surface area (Å²) in [4.78, 5) is 29.2. The second kappa shape index (κ2) is 10.1. The number of amides is 1. The lowest BCUT2D eigenvalue weighted by molar-refractivity contribution is -0.154. The Morgan fingerprint density at radius 1 is 1.23 bits per heavy atom. The third kappa shape index (κ3) is 5.62. The number of nitrogens with one attached hydrogen (secondary N) is 1. The molecule has 1 fully saturated rings. The molecule has 1 amide bonds. The molecule has 3 rings (SSSR count). The fourth-order valence-electron chi connectivity index (χ4n) is 3.36. The number of aromatic nitrogens is 1. The van der Waals surface area contributed by atoms with Gasteiger partial charge in [0.1, 0.15) is 29.8 Å². The van der Waals surface area contributed by atoms with Crippen molar-refractivity contribution in [3.63, 3.8) is 0 Å². The Balaban J connectivity index is 1.67. The average Bonchev–Trinajstić information content (AvgIpc) is 2.81. The maximum absolute atomic E-state index is 13.1. The average molecular weight is 432 g/mol. The number of ether oxygens (including phenoxy) is 3. The van der Waals surface area contributed by atoms with Gasteiger partial charge in [-0.3, -0.25) is 4.79 Å². The molecule has 3 atom stereocenters. The normalized spacial score (nSPS) is 21.8. The van der Waals surface area contributed by atoms with Crippen molar-refractivity contribution in [2.75, 3.05) is 7.11 Å². The second-order valence-corrected chi connectivity index (χ2v) is 7.27. The molecule has 8 nitrogen and oxygen atoms in total. The summed E-state index contributed by atoms with van der Waals surface area (Å²) in [6, 6.07) is 6.17. The third-order valence-electron chi connectivity index (χ3n) is 5.07. The molecule has 0 unspecified atom stereocenters. The molecule has 0 saturated carbocycles. The molecule has 0 bridgehead atoms. The first-order chi connectivity index (χ1) is 14.9. The minimum absolute atomic E-state index is 0.103. The highest BCUT2D eigenvalue weighted by Gasteiger charge is 2.31. The Morgan fingerprint density at radius 2 is 1.94 bits per heavy atom.